The Kier molecular flexibility index (Phi) is 6.53. The minimum atomic E-state index is -1.39. The number of methoxy groups -OCH3 is 1. The lowest BCUT2D eigenvalue weighted by atomic mass is 9.88. The summed E-state index contributed by atoms with van der Waals surface area (Å²) in [4.78, 5) is 13.7. The summed E-state index contributed by atoms with van der Waals surface area (Å²) in [6, 6.07) is 12.6. The summed E-state index contributed by atoms with van der Waals surface area (Å²) >= 11 is 0. The van der Waals surface area contributed by atoms with Crippen LogP contribution in [0.5, 0.6) is 5.75 Å². The first-order chi connectivity index (χ1) is 17.0. The summed E-state index contributed by atoms with van der Waals surface area (Å²) in [6.07, 6.45) is 3.93. The second-order valence-corrected chi connectivity index (χ2v) is 9.87. The van der Waals surface area contributed by atoms with Crippen LogP contribution in [0.4, 0.5) is 15.9 Å². The second-order valence-electron chi connectivity index (χ2n) is 9.87. The van der Waals surface area contributed by atoms with Gasteiger partial charge in [0.15, 0.2) is 11.5 Å². The smallest absolute Gasteiger partial charge is 0.170 e. The third kappa shape index (κ3) is 4.66. The summed E-state index contributed by atoms with van der Waals surface area (Å²) in [5.74, 6) is 2.53. The largest absolute Gasteiger partial charge is 0.496 e. The SMILES string of the molecule is CCc1ccc(C2CCN(c3nc(C4(F)CC4)nc4ccc(N(C)CCO)cc34)CC2)c(OC)c1. The van der Waals surface area contributed by atoms with Crippen LogP contribution in [0.2, 0.25) is 0 Å². The Hall–Kier alpha value is -2.93. The molecule has 0 bridgehead atoms. The third-order valence-corrected chi connectivity index (χ3v) is 7.57. The highest BCUT2D eigenvalue weighted by molar-refractivity contribution is 5.92. The molecule has 7 heteroatoms. The van der Waals surface area contributed by atoms with Gasteiger partial charge < -0.3 is 19.6 Å². The molecule has 2 aliphatic rings. The van der Waals surface area contributed by atoms with E-state index in [9.17, 15) is 5.11 Å². The Morgan fingerprint density at radius 1 is 1.14 bits per heavy atom. The molecule has 1 N–H and O–H groups in total. The number of anilines is 2. The van der Waals surface area contributed by atoms with Crippen molar-refractivity contribution in [1.29, 1.82) is 0 Å². The van der Waals surface area contributed by atoms with Gasteiger partial charge in [0.25, 0.3) is 0 Å². The number of hydrogen-bond donors (Lipinski definition) is 1. The Balaban J connectivity index is 1.45. The third-order valence-electron chi connectivity index (χ3n) is 7.57. The van der Waals surface area contributed by atoms with Gasteiger partial charge in [0.2, 0.25) is 0 Å². The van der Waals surface area contributed by atoms with Gasteiger partial charge in [-0.3, -0.25) is 0 Å². The monoisotopic (exact) mass is 478 g/mol. The number of aryl methyl sites for hydroxylation is 1. The molecule has 1 saturated carbocycles. The zero-order valence-electron chi connectivity index (χ0n) is 20.9. The Morgan fingerprint density at radius 2 is 1.91 bits per heavy atom. The summed E-state index contributed by atoms with van der Waals surface area (Å²) in [7, 11) is 3.70. The predicted molar refractivity (Wildman–Crippen MR) is 138 cm³/mol. The number of aromatic nitrogens is 2. The zero-order valence-corrected chi connectivity index (χ0v) is 20.9. The summed E-state index contributed by atoms with van der Waals surface area (Å²) in [5.41, 5.74) is 2.92. The number of halogens is 1. The van der Waals surface area contributed by atoms with Crippen LogP contribution in [-0.4, -0.2) is 55.5 Å². The van der Waals surface area contributed by atoms with Crippen molar-refractivity contribution in [2.45, 2.75) is 50.6 Å². The fourth-order valence-corrected chi connectivity index (χ4v) is 5.11. The lowest BCUT2D eigenvalue weighted by Crippen LogP contribution is -2.34. The predicted octanol–water partition coefficient (Wildman–Crippen LogP) is 4.97. The molecule has 1 aliphatic heterocycles. The van der Waals surface area contributed by atoms with E-state index in [-0.39, 0.29) is 6.61 Å². The summed E-state index contributed by atoms with van der Waals surface area (Å²) in [6.45, 7) is 4.45. The van der Waals surface area contributed by atoms with Gasteiger partial charge in [0, 0.05) is 37.8 Å². The number of hydrogen-bond acceptors (Lipinski definition) is 6. The molecule has 0 unspecified atom stereocenters. The molecule has 0 atom stereocenters. The molecule has 3 aromatic rings. The molecule has 1 aromatic heterocycles. The van der Waals surface area contributed by atoms with E-state index >= 15 is 4.39 Å². The number of alkyl halides is 1. The van der Waals surface area contributed by atoms with Crippen molar-refractivity contribution in [3.63, 3.8) is 0 Å². The van der Waals surface area contributed by atoms with E-state index in [1.165, 1.54) is 11.1 Å². The van der Waals surface area contributed by atoms with Crippen molar-refractivity contribution in [1.82, 2.24) is 9.97 Å². The van der Waals surface area contributed by atoms with E-state index < -0.39 is 5.67 Å². The van der Waals surface area contributed by atoms with Crippen molar-refractivity contribution in [3.8, 4) is 5.75 Å². The van der Waals surface area contributed by atoms with Crippen LogP contribution in [0.1, 0.15) is 55.5 Å². The topological polar surface area (TPSA) is 61.7 Å². The molecular formula is C28H35FN4O2. The molecule has 0 spiro atoms. The second kappa shape index (κ2) is 9.61. The highest BCUT2D eigenvalue weighted by Crippen LogP contribution is 2.49. The molecule has 1 aliphatic carbocycles. The number of rotatable bonds is 8. The highest BCUT2D eigenvalue weighted by Gasteiger charge is 2.48. The first-order valence-corrected chi connectivity index (χ1v) is 12.7. The average Bonchev–Trinajstić information content (AvgIpc) is 3.66. The first kappa shape index (κ1) is 23.8. The molecule has 0 amide bonds. The average molecular weight is 479 g/mol. The maximum Gasteiger partial charge on any atom is 0.170 e. The van der Waals surface area contributed by atoms with Gasteiger partial charge in [0.05, 0.1) is 19.2 Å². The van der Waals surface area contributed by atoms with Gasteiger partial charge in [-0.2, -0.15) is 0 Å². The van der Waals surface area contributed by atoms with Gasteiger partial charge in [-0.15, -0.1) is 0 Å². The molecule has 6 nitrogen and oxygen atoms in total. The van der Waals surface area contributed by atoms with Crippen LogP contribution in [-0.2, 0) is 12.1 Å². The molecule has 0 radical (unpaired) electrons. The minimum absolute atomic E-state index is 0.0808. The van der Waals surface area contributed by atoms with Gasteiger partial charge in [-0.25, -0.2) is 14.4 Å². The summed E-state index contributed by atoms with van der Waals surface area (Å²) in [5, 5.41) is 10.3. The fraction of sp³-hybridized carbons (Fsp3) is 0.500. The fourth-order valence-electron chi connectivity index (χ4n) is 5.11. The van der Waals surface area contributed by atoms with Crippen LogP contribution in [0.25, 0.3) is 10.9 Å². The molecule has 1 saturated heterocycles. The standard InChI is InChI=1S/C28H35FN4O2/c1-4-19-5-7-22(25(17-19)35-3)20-9-13-33(14-10-20)26-23-18-21(32(2)15-16-34)6-8-24(23)30-27(31-26)28(29)11-12-28/h5-8,17-18,20,34H,4,9-16H2,1-3H3. The number of piperidine rings is 1. The maximum absolute atomic E-state index is 15.1. The van der Waals surface area contributed by atoms with E-state index in [0.717, 1.165) is 60.5 Å². The zero-order chi connectivity index (χ0) is 24.6. The number of ether oxygens (including phenoxy) is 1. The molecule has 2 heterocycles. The van der Waals surface area contributed by atoms with Crippen molar-refractivity contribution in [2.75, 3.05) is 50.2 Å². The number of likely N-dealkylation sites (N-methyl/N-ethyl adjacent to an activating group) is 1. The number of aliphatic hydroxyl groups excluding tert-OH is 1. The number of aliphatic hydroxyl groups is 1. The van der Waals surface area contributed by atoms with Crippen molar-refractivity contribution >= 4 is 22.4 Å². The number of fused-ring (bicyclic) bond motifs is 1. The number of nitrogens with zero attached hydrogens (tertiary/aromatic N) is 4. The lowest BCUT2D eigenvalue weighted by Gasteiger charge is -2.34. The van der Waals surface area contributed by atoms with Gasteiger partial charge in [0.1, 0.15) is 11.6 Å². The normalized spacial score (nSPS) is 17.6. The van der Waals surface area contributed by atoms with Crippen LogP contribution >= 0.6 is 0 Å². The molecule has 2 aromatic carbocycles. The quantitative estimate of drug-likeness (QED) is 0.493. The Bertz CT molecular complexity index is 1210. The first-order valence-electron chi connectivity index (χ1n) is 12.7. The van der Waals surface area contributed by atoms with Gasteiger partial charge in [-0.1, -0.05) is 19.1 Å². The summed E-state index contributed by atoms with van der Waals surface area (Å²) < 4.78 is 20.8. The number of benzene rings is 2. The van der Waals surface area contributed by atoms with Crippen molar-refractivity contribution in [2.24, 2.45) is 0 Å². The van der Waals surface area contributed by atoms with Crippen molar-refractivity contribution < 1.29 is 14.2 Å². The van der Waals surface area contributed by atoms with Crippen molar-refractivity contribution in [3.05, 3.63) is 53.3 Å². The van der Waals surface area contributed by atoms with E-state index in [1.54, 1.807) is 7.11 Å². The van der Waals surface area contributed by atoms with Gasteiger partial charge >= 0.3 is 0 Å². The van der Waals surface area contributed by atoms with Crippen LogP contribution in [0.15, 0.2) is 36.4 Å². The molecule has 35 heavy (non-hydrogen) atoms. The molecule has 5 rings (SSSR count). The van der Waals surface area contributed by atoms with E-state index in [2.05, 4.69) is 41.1 Å². The lowest BCUT2D eigenvalue weighted by molar-refractivity contribution is 0.301. The van der Waals surface area contributed by atoms with Crippen LogP contribution < -0.4 is 14.5 Å². The minimum Gasteiger partial charge on any atom is -0.496 e. The molecule has 186 valence electrons. The Morgan fingerprint density at radius 3 is 2.57 bits per heavy atom. The van der Waals surface area contributed by atoms with E-state index in [1.807, 2.05) is 24.1 Å². The van der Waals surface area contributed by atoms with E-state index in [4.69, 9.17) is 9.72 Å². The van der Waals surface area contributed by atoms with Crippen LogP contribution in [0, 0.1) is 0 Å². The van der Waals surface area contributed by atoms with E-state index in [0.29, 0.717) is 31.1 Å². The molecule has 2 fully saturated rings. The maximum atomic E-state index is 15.1. The van der Waals surface area contributed by atoms with Gasteiger partial charge in [-0.05, 0) is 73.4 Å². The Labute approximate surface area is 206 Å². The van der Waals surface area contributed by atoms with Crippen LogP contribution in [0.3, 0.4) is 0 Å². The highest BCUT2D eigenvalue weighted by atomic mass is 19.1. The molecular weight excluding hydrogens is 443 g/mol.